The van der Waals surface area contributed by atoms with Crippen LogP contribution in [0.3, 0.4) is 0 Å². The van der Waals surface area contributed by atoms with Crippen LogP contribution in [0.5, 0.6) is 0 Å². The van der Waals surface area contributed by atoms with Crippen molar-refractivity contribution in [2.24, 2.45) is 11.1 Å². The lowest BCUT2D eigenvalue weighted by Gasteiger charge is -2.12. The Labute approximate surface area is 123 Å². The number of anilines is 1. The van der Waals surface area contributed by atoms with Crippen molar-refractivity contribution in [3.05, 3.63) is 43.0 Å². The van der Waals surface area contributed by atoms with Crippen molar-refractivity contribution >= 4 is 11.6 Å². The molecule has 1 saturated carbocycles. The molecule has 21 heavy (non-hydrogen) atoms. The van der Waals surface area contributed by atoms with E-state index in [1.165, 1.54) is 6.33 Å². The van der Waals surface area contributed by atoms with Crippen LogP contribution >= 0.6 is 0 Å². The molecular weight excluding hydrogens is 264 g/mol. The fraction of sp³-hybridized carbons (Fsp3) is 0.312. The Balaban J connectivity index is 1.63. The van der Waals surface area contributed by atoms with E-state index in [9.17, 15) is 4.79 Å². The Bertz CT molecular complexity index is 620. The zero-order valence-corrected chi connectivity index (χ0v) is 11.7. The Hall–Kier alpha value is -2.27. The summed E-state index contributed by atoms with van der Waals surface area (Å²) < 4.78 is 0. The number of amides is 1. The first kappa shape index (κ1) is 13.7. The molecule has 1 heterocycles. The first-order valence-corrected chi connectivity index (χ1v) is 7.06. The van der Waals surface area contributed by atoms with Crippen LogP contribution in [-0.2, 0) is 4.79 Å². The maximum absolute atomic E-state index is 12.0. The number of nitrogens with one attached hydrogen (secondary N) is 1. The van der Waals surface area contributed by atoms with Crippen molar-refractivity contribution in [3.63, 3.8) is 0 Å². The van der Waals surface area contributed by atoms with Gasteiger partial charge in [0.2, 0.25) is 5.91 Å². The highest BCUT2D eigenvalue weighted by Crippen LogP contribution is 2.47. The number of nitrogens with two attached hydrogens (primary N) is 1. The third kappa shape index (κ3) is 3.25. The summed E-state index contributed by atoms with van der Waals surface area (Å²) in [5.74, 6) is 0.0359. The fourth-order valence-electron chi connectivity index (χ4n) is 2.37. The smallest absolute Gasteiger partial charge is 0.224 e. The first-order valence-electron chi connectivity index (χ1n) is 7.06. The minimum Gasteiger partial charge on any atom is -0.330 e. The van der Waals surface area contributed by atoms with Crippen LogP contribution in [-0.4, -0.2) is 22.4 Å². The molecule has 5 heteroatoms. The minimum absolute atomic E-state index is 0.0359. The van der Waals surface area contributed by atoms with Crippen LogP contribution in [0.4, 0.5) is 5.69 Å². The molecular formula is C16H18N4O. The van der Waals surface area contributed by atoms with E-state index in [1.807, 2.05) is 24.3 Å². The quantitative estimate of drug-likeness (QED) is 0.881. The van der Waals surface area contributed by atoms with Gasteiger partial charge < -0.3 is 11.1 Å². The molecule has 1 amide bonds. The number of benzene rings is 1. The van der Waals surface area contributed by atoms with Crippen LogP contribution < -0.4 is 11.1 Å². The second-order valence-electron chi connectivity index (χ2n) is 5.63. The van der Waals surface area contributed by atoms with Crippen LogP contribution in [0.15, 0.2) is 43.0 Å². The number of hydrogen-bond donors (Lipinski definition) is 2. The maximum atomic E-state index is 12.0. The largest absolute Gasteiger partial charge is 0.330 e. The van der Waals surface area contributed by atoms with Gasteiger partial charge in [-0.25, -0.2) is 9.97 Å². The van der Waals surface area contributed by atoms with Crippen molar-refractivity contribution < 1.29 is 4.79 Å². The van der Waals surface area contributed by atoms with E-state index in [2.05, 4.69) is 15.3 Å². The predicted octanol–water partition coefficient (Wildman–Crippen LogP) is 2.21. The average molecular weight is 282 g/mol. The Kier molecular flexibility index (Phi) is 3.66. The topological polar surface area (TPSA) is 80.9 Å². The molecule has 0 unspecified atom stereocenters. The lowest BCUT2D eigenvalue weighted by molar-refractivity contribution is -0.117. The molecule has 0 atom stereocenters. The van der Waals surface area contributed by atoms with Crippen molar-refractivity contribution in [2.75, 3.05) is 11.9 Å². The Morgan fingerprint density at radius 2 is 1.81 bits per heavy atom. The van der Waals surface area contributed by atoms with E-state index in [0.717, 1.165) is 29.7 Å². The highest BCUT2D eigenvalue weighted by Gasteiger charge is 2.42. The van der Waals surface area contributed by atoms with Gasteiger partial charge >= 0.3 is 0 Å². The summed E-state index contributed by atoms with van der Waals surface area (Å²) in [6.45, 7) is 0.591. The van der Waals surface area contributed by atoms with E-state index < -0.39 is 0 Å². The van der Waals surface area contributed by atoms with Gasteiger partial charge in [0, 0.05) is 30.1 Å². The van der Waals surface area contributed by atoms with E-state index in [0.29, 0.717) is 13.0 Å². The molecule has 3 N–H and O–H groups in total. The van der Waals surface area contributed by atoms with Crippen LogP contribution in [0.1, 0.15) is 19.3 Å². The van der Waals surface area contributed by atoms with Crippen LogP contribution in [0.25, 0.3) is 11.1 Å². The third-order valence-electron chi connectivity index (χ3n) is 3.99. The molecule has 3 rings (SSSR count). The molecule has 0 saturated heterocycles. The normalized spacial score (nSPS) is 15.5. The highest BCUT2D eigenvalue weighted by molar-refractivity contribution is 5.91. The van der Waals surface area contributed by atoms with E-state index >= 15 is 0 Å². The number of nitrogens with zero attached hydrogens (tertiary/aromatic N) is 2. The lowest BCUT2D eigenvalue weighted by atomic mass is 10.0. The van der Waals surface area contributed by atoms with Crippen LogP contribution in [0, 0.1) is 5.41 Å². The van der Waals surface area contributed by atoms with Crippen LogP contribution in [0.2, 0.25) is 0 Å². The van der Waals surface area contributed by atoms with Gasteiger partial charge in [0.25, 0.3) is 0 Å². The molecule has 108 valence electrons. The number of carbonyl (C=O) groups is 1. The second-order valence-corrected chi connectivity index (χ2v) is 5.63. The van der Waals surface area contributed by atoms with Gasteiger partial charge in [-0.1, -0.05) is 12.1 Å². The second kappa shape index (κ2) is 5.61. The fourth-order valence-corrected chi connectivity index (χ4v) is 2.37. The van der Waals surface area contributed by atoms with Gasteiger partial charge in [0.1, 0.15) is 6.33 Å². The summed E-state index contributed by atoms with van der Waals surface area (Å²) in [6.07, 6.45) is 7.66. The Morgan fingerprint density at radius 1 is 1.14 bits per heavy atom. The summed E-state index contributed by atoms with van der Waals surface area (Å²) in [5.41, 5.74) is 8.54. The van der Waals surface area contributed by atoms with E-state index in [4.69, 9.17) is 5.73 Å². The summed E-state index contributed by atoms with van der Waals surface area (Å²) >= 11 is 0. The standard InChI is InChI=1S/C16H18N4O/c17-10-16(5-6-16)7-15(21)20-14-3-1-12(2-4-14)13-8-18-11-19-9-13/h1-4,8-9,11H,5-7,10,17H2,(H,20,21). The third-order valence-corrected chi connectivity index (χ3v) is 3.99. The maximum Gasteiger partial charge on any atom is 0.224 e. The SMILES string of the molecule is NCC1(CC(=O)Nc2ccc(-c3cncnc3)cc2)CC1. The number of aromatic nitrogens is 2. The Morgan fingerprint density at radius 3 is 2.38 bits per heavy atom. The van der Waals surface area contributed by atoms with Crippen molar-refractivity contribution in [3.8, 4) is 11.1 Å². The molecule has 1 fully saturated rings. The molecule has 1 aliphatic rings. The van der Waals surface area contributed by atoms with Gasteiger partial charge in [-0.15, -0.1) is 0 Å². The molecule has 1 aromatic carbocycles. The molecule has 1 aromatic heterocycles. The predicted molar refractivity (Wildman–Crippen MR) is 81.4 cm³/mol. The monoisotopic (exact) mass is 282 g/mol. The number of rotatable bonds is 5. The van der Waals surface area contributed by atoms with E-state index in [-0.39, 0.29) is 11.3 Å². The van der Waals surface area contributed by atoms with Crippen molar-refractivity contribution in [1.82, 2.24) is 9.97 Å². The van der Waals surface area contributed by atoms with Gasteiger partial charge in [-0.3, -0.25) is 4.79 Å². The highest BCUT2D eigenvalue weighted by atomic mass is 16.1. The first-order chi connectivity index (χ1) is 10.2. The molecule has 0 aliphatic heterocycles. The van der Waals surface area contributed by atoms with Gasteiger partial charge in [-0.05, 0) is 42.5 Å². The van der Waals surface area contributed by atoms with Gasteiger partial charge in [-0.2, -0.15) is 0 Å². The summed E-state index contributed by atoms with van der Waals surface area (Å²) in [6, 6.07) is 7.68. The molecule has 0 spiro atoms. The summed E-state index contributed by atoms with van der Waals surface area (Å²) in [5, 5.41) is 2.93. The molecule has 5 nitrogen and oxygen atoms in total. The molecule has 0 radical (unpaired) electrons. The molecule has 1 aliphatic carbocycles. The zero-order valence-electron chi connectivity index (χ0n) is 11.7. The summed E-state index contributed by atoms with van der Waals surface area (Å²) in [7, 11) is 0. The summed E-state index contributed by atoms with van der Waals surface area (Å²) in [4.78, 5) is 20.0. The van der Waals surface area contributed by atoms with Crippen molar-refractivity contribution in [1.29, 1.82) is 0 Å². The van der Waals surface area contributed by atoms with Gasteiger partial charge in [0.05, 0.1) is 0 Å². The van der Waals surface area contributed by atoms with Gasteiger partial charge in [0.15, 0.2) is 0 Å². The zero-order chi connectivity index (χ0) is 14.7. The van der Waals surface area contributed by atoms with E-state index in [1.54, 1.807) is 12.4 Å². The minimum atomic E-state index is 0.0359. The average Bonchev–Trinajstić information content (AvgIpc) is 3.29. The lowest BCUT2D eigenvalue weighted by Crippen LogP contribution is -2.23. The number of hydrogen-bond acceptors (Lipinski definition) is 4. The molecule has 0 bridgehead atoms. The molecule has 2 aromatic rings. The number of carbonyl (C=O) groups excluding carboxylic acids is 1. The van der Waals surface area contributed by atoms with Crippen molar-refractivity contribution in [2.45, 2.75) is 19.3 Å².